The Balaban J connectivity index is 2.03. The van der Waals surface area contributed by atoms with Gasteiger partial charge in [0.15, 0.2) is 5.65 Å². The largest absolute Gasteiger partial charge is 0.396 e. The molecule has 0 aliphatic carbocycles. The van der Waals surface area contributed by atoms with Crippen LogP contribution in [0.4, 0.5) is 5.69 Å². The highest BCUT2D eigenvalue weighted by atomic mass is 15.2. The number of nitrogens with zero attached hydrogens (tertiary/aromatic N) is 3. The summed E-state index contributed by atoms with van der Waals surface area (Å²) in [5.74, 6) is 0.905. The van der Waals surface area contributed by atoms with Crippen molar-refractivity contribution in [2.24, 2.45) is 0 Å². The minimum atomic E-state index is 0.653. The monoisotopic (exact) mass is 238 g/mol. The lowest BCUT2D eigenvalue weighted by molar-refractivity contribution is 0.933. The highest BCUT2D eigenvalue weighted by Gasteiger charge is 2.07. The van der Waals surface area contributed by atoms with E-state index in [4.69, 9.17) is 5.73 Å². The van der Waals surface area contributed by atoms with Gasteiger partial charge in [-0.15, -0.1) is 10.2 Å². The number of hydrogen-bond acceptors (Lipinski definition) is 3. The number of fused-ring (bicyclic) bond motifs is 1. The molecule has 0 spiro atoms. The molecule has 2 aromatic heterocycles. The van der Waals surface area contributed by atoms with Crippen molar-refractivity contribution >= 4 is 11.3 Å². The number of aryl methyl sites for hydroxylation is 1. The lowest BCUT2D eigenvalue weighted by Gasteiger charge is -2.02. The first-order valence-corrected chi connectivity index (χ1v) is 5.88. The Morgan fingerprint density at radius 2 is 2.06 bits per heavy atom. The molecule has 18 heavy (non-hydrogen) atoms. The first-order chi connectivity index (χ1) is 8.74. The number of rotatable bonds is 2. The van der Waals surface area contributed by atoms with Crippen LogP contribution in [0, 0.1) is 6.92 Å². The molecule has 0 aliphatic heterocycles. The van der Waals surface area contributed by atoms with Gasteiger partial charge in [-0.25, -0.2) is 0 Å². The summed E-state index contributed by atoms with van der Waals surface area (Å²) >= 11 is 0. The predicted octanol–water partition coefficient (Wildman–Crippen LogP) is 2.21. The van der Waals surface area contributed by atoms with Crippen molar-refractivity contribution < 1.29 is 0 Å². The molecule has 3 aromatic rings. The molecule has 0 amide bonds. The Morgan fingerprint density at radius 3 is 2.89 bits per heavy atom. The molecule has 0 saturated heterocycles. The molecule has 0 fully saturated rings. The van der Waals surface area contributed by atoms with Crippen LogP contribution < -0.4 is 5.73 Å². The van der Waals surface area contributed by atoms with E-state index in [-0.39, 0.29) is 0 Å². The topological polar surface area (TPSA) is 56.2 Å². The zero-order chi connectivity index (χ0) is 12.5. The first-order valence-electron chi connectivity index (χ1n) is 5.88. The summed E-state index contributed by atoms with van der Waals surface area (Å²) in [6.07, 6.45) is 2.70. The van der Waals surface area contributed by atoms with Crippen molar-refractivity contribution in [1.82, 2.24) is 14.6 Å². The van der Waals surface area contributed by atoms with Gasteiger partial charge < -0.3 is 5.73 Å². The lowest BCUT2D eigenvalue weighted by atomic mass is 10.1. The van der Waals surface area contributed by atoms with Crippen LogP contribution in [0.15, 0.2) is 42.6 Å². The summed E-state index contributed by atoms with van der Waals surface area (Å²) in [5, 5.41) is 8.34. The second-order valence-corrected chi connectivity index (χ2v) is 4.44. The maximum absolute atomic E-state index is 5.86. The van der Waals surface area contributed by atoms with Crippen LogP contribution in [0.2, 0.25) is 0 Å². The van der Waals surface area contributed by atoms with Gasteiger partial charge in [-0.3, -0.25) is 4.40 Å². The maximum Gasteiger partial charge on any atom is 0.183 e. The average Bonchev–Trinajstić information content (AvgIpc) is 2.74. The fourth-order valence-electron chi connectivity index (χ4n) is 2.11. The van der Waals surface area contributed by atoms with Crippen molar-refractivity contribution in [3.8, 4) is 0 Å². The number of pyridine rings is 1. The minimum Gasteiger partial charge on any atom is -0.396 e. The predicted molar refractivity (Wildman–Crippen MR) is 71.4 cm³/mol. The zero-order valence-electron chi connectivity index (χ0n) is 10.2. The second-order valence-electron chi connectivity index (χ2n) is 4.44. The number of nitrogen functional groups attached to an aromatic ring is 1. The molecule has 1 aromatic carbocycles. The molecule has 4 nitrogen and oxygen atoms in total. The summed E-state index contributed by atoms with van der Waals surface area (Å²) < 4.78 is 1.94. The van der Waals surface area contributed by atoms with Crippen LogP contribution in [-0.4, -0.2) is 14.6 Å². The van der Waals surface area contributed by atoms with Gasteiger partial charge in [0.1, 0.15) is 5.82 Å². The number of nitrogens with two attached hydrogens (primary N) is 1. The van der Waals surface area contributed by atoms with Crippen LogP contribution in [0.25, 0.3) is 5.65 Å². The van der Waals surface area contributed by atoms with Gasteiger partial charge in [0.05, 0.1) is 5.69 Å². The smallest absolute Gasteiger partial charge is 0.183 e. The van der Waals surface area contributed by atoms with Crippen molar-refractivity contribution in [2.45, 2.75) is 13.3 Å². The number of aromatic nitrogens is 3. The van der Waals surface area contributed by atoms with E-state index in [1.165, 1.54) is 11.1 Å². The van der Waals surface area contributed by atoms with Gasteiger partial charge in [0, 0.05) is 12.6 Å². The zero-order valence-corrected chi connectivity index (χ0v) is 10.2. The molecule has 0 radical (unpaired) electrons. The van der Waals surface area contributed by atoms with Gasteiger partial charge in [-0.1, -0.05) is 29.8 Å². The molecule has 0 saturated carbocycles. The summed E-state index contributed by atoms with van der Waals surface area (Å²) in [6.45, 7) is 2.09. The fraction of sp³-hybridized carbons (Fsp3) is 0.143. The molecule has 0 aliphatic rings. The average molecular weight is 238 g/mol. The summed E-state index contributed by atoms with van der Waals surface area (Å²) in [7, 11) is 0. The maximum atomic E-state index is 5.86. The Labute approximate surface area is 105 Å². The quantitative estimate of drug-likeness (QED) is 0.744. The Morgan fingerprint density at radius 1 is 1.17 bits per heavy atom. The van der Waals surface area contributed by atoms with Gasteiger partial charge in [0.25, 0.3) is 0 Å². The lowest BCUT2D eigenvalue weighted by Crippen LogP contribution is -1.98. The van der Waals surface area contributed by atoms with E-state index < -0.39 is 0 Å². The number of benzene rings is 1. The fourth-order valence-corrected chi connectivity index (χ4v) is 2.11. The van der Waals surface area contributed by atoms with Crippen LogP contribution in [0.3, 0.4) is 0 Å². The number of hydrogen-bond donors (Lipinski definition) is 1. The normalized spacial score (nSPS) is 10.9. The number of anilines is 1. The third-order valence-electron chi connectivity index (χ3n) is 2.98. The van der Waals surface area contributed by atoms with E-state index in [1.54, 1.807) is 0 Å². The van der Waals surface area contributed by atoms with E-state index in [9.17, 15) is 0 Å². The molecule has 4 heteroatoms. The Hall–Kier alpha value is -2.36. The van der Waals surface area contributed by atoms with Crippen LogP contribution >= 0.6 is 0 Å². The van der Waals surface area contributed by atoms with Crippen LogP contribution in [-0.2, 0) is 6.42 Å². The summed E-state index contributed by atoms with van der Waals surface area (Å²) in [4.78, 5) is 0. The van der Waals surface area contributed by atoms with Crippen molar-refractivity contribution in [3.05, 3.63) is 59.5 Å². The Bertz CT molecular complexity index is 700. The standard InChI is InChI=1S/C14H14N4/c1-10-4-2-5-11(8-10)9-13-16-17-14-12(15)6-3-7-18(13)14/h2-8H,9,15H2,1H3. The van der Waals surface area contributed by atoms with E-state index >= 15 is 0 Å². The van der Waals surface area contributed by atoms with Gasteiger partial charge >= 0.3 is 0 Å². The van der Waals surface area contributed by atoms with Crippen molar-refractivity contribution in [2.75, 3.05) is 5.73 Å². The summed E-state index contributed by atoms with van der Waals surface area (Å²) in [6, 6.07) is 12.1. The van der Waals surface area contributed by atoms with Crippen molar-refractivity contribution in [3.63, 3.8) is 0 Å². The highest BCUT2D eigenvalue weighted by molar-refractivity contribution is 5.63. The van der Waals surface area contributed by atoms with Gasteiger partial charge in [-0.2, -0.15) is 0 Å². The second kappa shape index (κ2) is 4.14. The molecular formula is C14H14N4. The molecule has 0 atom stereocenters. The van der Waals surface area contributed by atoms with Crippen molar-refractivity contribution in [1.29, 1.82) is 0 Å². The van der Waals surface area contributed by atoms with E-state index in [1.807, 2.05) is 22.7 Å². The van der Waals surface area contributed by atoms with Crippen LogP contribution in [0.1, 0.15) is 17.0 Å². The Kier molecular flexibility index (Phi) is 2.48. The SMILES string of the molecule is Cc1cccc(Cc2nnc3c(N)cccn23)c1. The van der Waals surface area contributed by atoms with E-state index in [0.717, 1.165) is 17.9 Å². The molecule has 2 N–H and O–H groups in total. The first kappa shape index (κ1) is 10.8. The van der Waals surface area contributed by atoms with E-state index in [0.29, 0.717) is 5.69 Å². The van der Waals surface area contributed by atoms with E-state index in [2.05, 4.69) is 41.4 Å². The molecule has 90 valence electrons. The summed E-state index contributed by atoms with van der Waals surface area (Å²) in [5.41, 5.74) is 9.72. The molecule has 0 bridgehead atoms. The molecule has 2 heterocycles. The van der Waals surface area contributed by atoms with Crippen LogP contribution in [0.5, 0.6) is 0 Å². The molecule has 0 unspecified atom stereocenters. The third kappa shape index (κ3) is 1.82. The third-order valence-corrected chi connectivity index (χ3v) is 2.98. The molecule has 3 rings (SSSR count). The van der Waals surface area contributed by atoms with Gasteiger partial charge in [-0.05, 0) is 24.6 Å². The minimum absolute atomic E-state index is 0.653. The van der Waals surface area contributed by atoms with Gasteiger partial charge in [0.2, 0.25) is 0 Å². The highest BCUT2D eigenvalue weighted by Crippen LogP contribution is 2.14. The molecular weight excluding hydrogens is 224 g/mol.